The van der Waals surface area contributed by atoms with Gasteiger partial charge in [0.25, 0.3) is 0 Å². The Balaban J connectivity index is 1.97. The number of nitrogens with one attached hydrogen (secondary N) is 1. The summed E-state index contributed by atoms with van der Waals surface area (Å²) in [6.07, 6.45) is 0. The minimum Gasteiger partial charge on any atom is -0.379 e. The fourth-order valence-corrected chi connectivity index (χ4v) is 2.75. The molecule has 2 heterocycles. The van der Waals surface area contributed by atoms with Crippen LogP contribution in [0.4, 0.5) is 5.82 Å². The van der Waals surface area contributed by atoms with Crippen LogP contribution in [0.15, 0.2) is 6.07 Å². The summed E-state index contributed by atoms with van der Waals surface area (Å²) in [5, 5.41) is 3.87. The lowest BCUT2D eigenvalue weighted by Crippen LogP contribution is -2.49. The number of hydrogen-bond acceptors (Lipinski definition) is 5. The molecule has 1 aliphatic heterocycles. The number of hydrogen-bond donors (Lipinski definition) is 1. The van der Waals surface area contributed by atoms with Gasteiger partial charge in [0, 0.05) is 31.7 Å². The van der Waals surface area contributed by atoms with Crippen LogP contribution in [0.5, 0.6) is 0 Å². The van der Waals surface area contributed by atoms with Crippen molar-refractivity contribution in [3.05, 3.63) is 17.0 Å². The van der Waals surface area contributed by atoms with Crippen LogP contribution >= 0.6 is 11.6 Å². The second kappa shape index (κ2) is 7.20. The summed E-state index contributed by atoms with van der Waals surface area (Å²) in [6, 6.07) is 2.23. The molecule has 6 heteroatoms. The quantitative estimate of drug-likeness (QED) is 0.845. The highest BCUT2D eigenvalue weighted by atomic mass is 35.5. The molecule has 0 aliphatic carbocycles. The van der Waals surface area contributed by atoms with Crippen molar-refractivity contribution in [2.75, 3.05) is 38.2 Å². The largest absolute Gasteiger partial charge is 0.379 e. The van der Waals surface area contributed by atoms with Crippen LogP contribution in [0.3, 0.4) is 0 Å². The molecule has 1 aromatic rings. The number of ether oxygens (including phenoxy) is 1. The fourth-order valence-electron chi connectivity index (χ4n) is 2.53. The van der Waals surface area contributed by atoms with Gasteiger partial charge in [0.15, 0.2) is 0 Å². The van der Waals surface area contributed by atoms with Gasteiger partial charge in [-0.05, 0) is 12.8 Å². The first-order valence-corrected chi connectivity index (χ1v) is 7.51. The first kappa shape index (κ1) is 15.5. The van der Waals surface area contributed by atoms with E-state index in [0.717, 1.165) is 38.7 Å². The topological polar surface area (TPSA) is 50.3 Å². The van der Waals surface area contributed by atoms with Gasteiger partial charge in [-0.15, -0.1) is 0 Å². The normalized spacial score (nSPS) is 18.2. The molecule has 0 aromatic carbocycles. The van der Waals surface area contributed by atoms with E-state index < -0.39 is 0 Å². The molecule has 1 unspecified atom stereocenters. The molecule has 0 radical (unpaired) electrons. The summed E-state index contributed by atoms with van der Waals surface area (Å²) >= 11 is 5.96. The zero-order valence-electron chi connectivity index (χ0n) is 12.4. The van der Waals surface area contributed by atoms with Gasteiger partial charge >= 0.3 is 0 Å². The van der Waals surface area contributed by atoms with Crippen LogP contribution in [0.1, 0.15) is 19.7 Å². The number of nitrogens with zero attached hydrogens (tertiary/aromatic N) is 3. The van der Waals surface area contributed by atoms with Gasteiger partial charge in [-0.1, -0.05) is 25.4 Å². The predicted octanol–water partition coefficient (Wildman–Crippen LogP) is 2.21. The third-order valence-corrected chi connectivity index (χ3v) is 3.78. The molecule has 5 nitrogen and oxygen atoms in total. The number of rotatable bonds is 5. The number of aromatic nitrogens is 2. The summed E-state index contributed by atoms with van der Waals surface area (Å²) in [7, 11) is 0. The predicted molar refractivity (Wildman–Crippen MR) is 81.3 cm³/mol. The first-order chi connectivity index (χ1) is 9.56. The zero-order chi connectivity index (χ0) is 14.5. The minimum absolute atomic E-state index is 0.466. The van der Waals surface area contributed by atoms with Crippen LogP contribution in [-0.4, -0.2) is 53.8 Å². The van der Waals surface area contributed by atoms with E-state index >= 15 is 0 Å². The van der Waals surface area contributed by atoms with Gasteiger partial charge < -0.3 is 10.1 Å². The highest BCUT2D eigenvalue weighted by molar-refractivity contribution is 6.29. The summed E-state index contributed by atoms with van der Waals surface area (Å²) in [4.78, 5) is 10.9. The van der Waals surface area contributed by atoms with E-state index in [9.17, 15) is 0 Å². The lowest BCUT2D eigenvalue weighted by Gasteiger charge is -2.37. The fraction of sp³-hybridized carbons (Fsp3) is 0.714. The van der Waals surface area contributed by atoms with Crippen molar-refractivity contribution < 1.29 is 4.74 Å². The summed E-state index contributed by atoms with van der Waals surface area (Å²) in [5.41, 5.74) is 0. The molecule has 1 fully saturated rings. The molecular weight excluding hydrogens is 276 g/mol. The first-order valence-electron chi connectivity index (χ1n) is 7.13. The monoisotopic (exact) mass is 298 g/mol. The van der Waals surface area contributed by atoms with Crippen LogP contribution in [0, 0.1) is 12.8 Å². The third-order valence-electron chi connectivity index (χ3n) is 3.58. The Labute approximate surface area is 125 Å². The van der Waals surface area contributed by atoms with Gasteiger partial charge in [-0.2, -0.15) is 0 Å². The number of aryl methyl sites for hydroxylation is 1. The van der Waals surface area contributed by atoms with Crippen molar-refractivity contribution in [1.82, 2.24) is 14.9 Å². The van der Waals surface area contributed by atoms with E-state index in [1.807, 2.05) is 6.92 Å². The van der Waals surface area contributed by atoms with Crippen molar-refractivity contribution in [2.24, 2.45) is 5.92 Å². The molecule has 20 heavy (non-hydrogen) atoms. The highest BCUT2D eigenvalue weighted by Gasteiger charge is 2.23. The summed E-state index contributed by atoms with van der Waals surface area (Å²) < 4.78 is 5.42. The third kappa shape index (κ3) is 4.30. The van der Waals surface area contributed by atoms with E-state index in [-0.39, 0.29) is 0 Å². The van der Waals surface area contributed by atoms with Gasteiger partial charge in [-0.3, -0.25) is 4.90 Å². The Morgan fingerprint density at radius 2 is 2.05 bits per heavy atom. The number of morpholine rings is 1. The van der Waals surface area contributed by atoms with E-state index in [4.69, 9.17) is 16.3 Å². The van der Waals surface area contributed by atoms with E-state index in [2.05, 4.69) is 34.0 Å². The van der Waals surface area contributed by atoms with Crippen LogP contribution in [0.25, 0.3) is 0 Å². The van der Waals surface area contributed by atoms with E-state index in [1.165, 1.54) is 0 Å². The second-order valence-electron chi connectivity index (χ2n) is 5.46. The molecule has 0 spiro atoms. The smallest absolute Gasteiger partial charge is 0.134 e. The van der Waals surface area contributed by atoms with Crippen molar-refractivity contribution in [2.45, 2.75) is 26.8 Å². The van der Waals surface area contributed by atoms with Crippen molar-refractivity contribution in [1.29, 1.82) is 0 Å². The van der Waals surface area contributed by atoms with Gasteiger partial charge in [0.1, 0.15) is 16.8 Å². The standard InChI is InChI=1S/C14H23ClN4O/c1-10(2)12(19-4-6-20-7-5-19)9-16-14-8-13(15)17-11(3)18-14/h8,10,12H,4-7,9H2,1-3H3,(H,16,17,18). The molecular formula is C14H23ClN4O. The Bertz CT molecular complexity index is 415. The Hall–Kier alpha value is -0.910. The molecule has 0 amide bonds. The Morgan fingerprint density at radius 3 is 2.65 bits per heavy atom. The molecule has 112 valence electrons. The molecule has 0 saturated carbocycles. The lowest BCUT2D eigenvalue weighted by atomic mass is 10.0. The minimum atomic E-state index is 0.466. The van der Waals surface area contributed by atoms with Gasteiger partial charge in [0.05, 0.1) is 13.2 Å². The highest BCUT2D eigenvalue weighted by Crippen LogP contribution is 2.16. The molecule has 1 N–H and O–H groups in total. The summed E-state index contributed by atoms with van der Waals surface area (Å²) in [6.45, 7) is 10.8. The van der Waals surface area contributed by atoms with E-state index in [1.54, 1.807) is 6.07 Å². The Kier molecular flexibility index (Phi) is 5.57. The number of halogens is 1. The maximum Gasteiger partial charge on any atom is 0.134 e. The molecule has 1 aromatic heterocycles. The molecule has 1 aliphatic rings. The average Bonchev–Trinajstić information content (AvgIpc) is 2.38. The van der Waals surface area contributed by atoms with Crippen molar-refractivity contribution in [3.8, 4) is 0 Å². The maximum absolute atomic E-state index is 5.96. The van der Waals surface area contributed by atoms with Gasteiger partial charge in [0.2, 0.25) is 0 Å². The molecule has 0 bridgehead atoms. The SMILES string of the molecule is Cc1nc(Cl)cc(NCC(C(C)C)N2CCOCC2)n1. The van der Waals surface area contributed by atoms with Crippen molar-refractivity contribution in [3.63, 3.8) is 0 Å². The van der Waals surface area contributed by atoms with Crippen LogP contribution in [0.2, 0.25) is 5.15 Å². The van der Waals surface area contributed by atoms with Crippen molar-refractivity contribution >= 4 is 17.4 Å². The Morgan fingerprint density at radius 1 is 1.35 bits per heavy atom. The molecule has 2 rings (SSSR count). The van der Waals surface area contributed by atoms with E-state index in [0.29, 0.717) is 22.9 Å². The molecule has 1 saturated heterocycles. The average molecular weight is 299 g/mol. The maximum atomic E-state index is 5.96. The van der Waals surface area contributed by atoms with Crippen LogP contribution < -0.4 is 5.32 Å². The number of anilines is 1. The van der Waals surface area contributed by atoms with Crippen LogP contribution in [-0.2, 0) is 4.74 Å². The second-order valence-corrected chi connectivity index (χ2v) is 5.85. The lowest BCUT2D eigenvalue weighted by molar-refractivity contribution is 0.00953. The zero-order valence-corrected chi connectivity index (χ0v) is 13.2. The molecule has 1 atom stereocenters. The summed E-state index contributed by atoms with van der Waals surface area (Å²) in [5.74, 6) is 2.05. The van der Waals surface area contributed by atoms with Gasteiger partial charge in [-0.25, -0.2) is 9.97 Å².